The molecule has 0 spiro atoms. The Hall–Kier alpha value is -0.800. The van der Waals surface area contributed by atoms with E-state index in [9.17, 15) is 17.2 Å². The smallest absolute Gasteiger partial charge is 0.268 e. The van der Waals surface area contributed by atoms with Crippen molar-refractivity contribution in [3.63, 3.8) is 0 Å². The van der Waals surface area contributed by atoms with Gasteiger partial charge in [-0.15, -0.1) is 0 Å². The van der Waals surface area contributed by atoms with Crippen molar-refractivity contribution < 1.29 is 22.3 Å². The summed E-state index contributed by atoms with van der Waals surface area (Å²) < 4.78 is 46.1. The van der Waals surface area contributed by atoms with Crippen LogP contribution in [0.15, 0.2) is 15.7 Å². The van der Waals surface area contributed by atoms with E-state index >= 15 is 0 Å². The van der Waals surface area contributed by atoms with E-state index in [-0.39, 0.29) is 0 Å². The molecule has 0 unspecified atom stereocenters. The van der Waals surface area contributed by atoms with Crippen LogP contribution in [0.4, 0.5) is 8.78 Å². The summed E-state index contributed by atoms with van der Waals surface area (Å²) in [5, 5.41) is 13.0. The third-order valence-electron chi connectivity index (χ3n) is 1.49. The highest BCUT2D eigenvalue weighted by Crippen LogP contribution is 2.36. The van der Waals surface area contributed by atoms with Crippen LogP contribution in [0.3, 0.4) is 0 Å². The highest BCUT2D eigenvalue weighted by atomic mass is 79.9. The molecule has 0 radical (unpaired) electrons. The zero-order valence-corrected chi connectivity index (χ0v) is 9.39. The minimum absolute atomic E-state index is 0.528. The fourth-order valence-electron chi connectivity index (χ4n) is 0.880. The number of rotatable bonds is 2. The molecule has 1 rings (SSSR count). The molecule has 5 nitrogen and oxygen atoms in total. The summed E-state index contributed by atoms with van der Waals surface area (Å²) in [6.45, 7) is 0. The fraction of sp³-hybridized carbons (Fsp3) is 0.167. The number of nitrogens with two attached hydrogens (primary N) is 1. The molecule has 3 N–H and O–H groups in total. The predicted molar refractivity (Wildman–Crippen MR) is 49.9 cm³/mol. The number of sulfonamides is 1. The molecule has 0 aliphatic carbocycles. The Morgan fingerprint density at radius 2 is 2.07 bits per heavy atom. The van der Waals surface area contributed by atoms with E-state index in [4.69, 9.17) is 10.2 Å². The topological polar surface area (TPSA) is 93.3 Å². The lowest BCUT2D eigenvalue weighted by Crippen LogP contribution is -2.15. The molecule has 0 aromatic carbocycles. The molecule has 0 saturated heterocycles. The van der Waals surface area contributed by atoms with Crippen LogP contribution in [0, 0.1) is 0 Å². The summed E-state index contributed by atoms with van der Waals surface area (Å²) in [4.78, 5) is 3.25. The van der Waals surface area contributed by atoms with Gasteiger partial charge in [0.05, 0.1) is 16.2 Å². The molecule has 0 aliphatic heterocycles. The van der Waals surface area contributed by atoms with Gasteiger partial charge in [-0.3, -0.25) is 0 Å². The fourth-order valence-corrected chi connectivity index (χ4v) is 2.59. The van der Waals surface area contributed by atoms with Crippen LogP contribution in [0.5, 0.6) is 5.75 Å². The number of aromatic nitrogens is 1. The van der Waals surface area contributed by atoms with E-state index in [1.807, 2.05) is 0 Å². The van der Waals surface area contributed by atoms with E-state index < -0.39 is 37.3 Å². The number of pyridine rings is 1. The van der Waals surface area contributed by atoms with Gasteiger partial charge in [-0.1, -0.05) is 0 Å². The minimum Gasteiger partial charge on any atom is -0.506 e. The second-order valence-corrected chi connectivity index (χ2v) is 4.79. The van der Waals surface area contributed by atoms with Crippen LogP contribution >= 0.6 is 15.9 Å². The Morgan fingerprint density at radius 3 is 2.47 bits per heavy atom. The number of hydrogen-bond donors (Lipinski definition) is 2. The second-order valence-electron chi connectivity index (χ2n) is 2.52. The van der Waals surface area contributed by atoms with Gasteiger partial charge in [0, 0.05) is 0 Å². The molecule has 84 valence electrons. The van der Waals surface area contributed by atoms with Gasteiger partial charge in [-0.25, -0.2) is 27.3 Å². The molecular formula is C6H5BrF2N2O3S. The van der Waals surface area contributed by atoms with Gasteiger partial charge < -0.3 is 5.11 Å². The van der Waals surface area contributed by atoms with Crippen molar-refractivity contribution in [3.05, 3.63) is 16.2 Å². The summed E-state index contributed by atoms with van der Waals surface area (Å²) in [6, 6.07) is 0. The molecule has 1 aromatic rings. The lowest BCUT2D eigenvalue weighted by Gasteiger charge is -2.08. The van der Waals surface area contributed by atoms with Gasteiger partial charge in [-0.2, -0.15) is 0 Å². The maximum atomic E-state index is 12.4. The lowest BCUT2D eigenvalue weighted by atomic mass is 10.2. The van der Waals surface area contributed by atoms with Gasteiger partial charge in [-0.05, 0) is 15.9 Å². The summed E-state index contributed by atoms with van der Waals surface area (Å²) in [5.74, 6) is -0.802. The molecule has 1 heterocycles. The van der Waals surface area contributed by atoms with Gasteiger partial charge in [0.15, 0.2) is 5.03 Å². The molecule has 0 saturated carbocycles. The Balaban J connectivity index is 3.56. The Morgan fingerprint density at radius 1 is 1.53 bits per heavy atom. The third kappa shape index (κ3) is 2.41. The van der Waals surface area contributed by atoms with Gasteiger partial charge >= 0.3 is 0 Å². The average Bonchev–Trinajstić information content (AvgIpc) is 2.00. The lowest BCUT2D eigenvalue weighted by molar-refractivity contribution is 0.146. The SMILES string of the molecule is NS(=O)(=O)c1ncc(O)c(C(F)F)c1Br. The molecule has 0 amide bonds. The Kier molecular flexibility index (Phi) is 3.26. The number of hydrogen-bond acceptors (Lipinski definition) is 4. The predicted octanol–water partition coefficient (Wildman–Crippen LogP) is 1.13. The maximum Gasteiger partial charge on any atom is 0.268 e. The zero-order valence-electron chi connectivity index (χ0n) is 6.99. The normalized spacial score (nSPS) is 12.1. The first kappa shape index (κ1) is 12.3. The quantitative estimate of drug-likeness (QED) is 0.856. The first-order valence-corrected chi connectivity index (χ1v) is 5.77. The van der Waals surface area contributed by atoms with Crippen LogP contribution in [0.25, 0.3) is 0 Å². The van der Waals surface area contributed by atoms with E-state index in [0.29, 0.717) is 6.20 Å². The van der Waals surface area contributed by atoms with Crippen molar-refractivity contribution in [2.24, 2.45) is 5.14 Å². The third-order valence-corrected chi connectivity index (χ3v) is 3.41. The van der Waals surface area contributed by atoms with Crippen LogP contribution < -0.4 is 5.14 Å². The largest absolute Gasteiger partial charge is 0.506 e. The van der Waals surface area contributed by atoms with Crippen molar-refractivity contribution in [1.29, 1.82) is 0 Å². The monoisotopic (exact) mass is 302 g/mol. The van der Waals surface area contributed by atoms with Crippen molar-refractivity contribution in [3.8, 4) is 5.75 Å². The van der Waals surface area contributed by atoms with E-state index in [0.717, 1.165) is 0 Å². The molecule has 15 heavy (non-hydrogen) atoms. The average molecular weight is 303 g/mol. The second kappa shape index (κ2) is 3.99. The highest BCUT2D eigenvalue weighted by molar-refractivity contribution is 9.10. The van der Waals surface area contributed by atoms with Gasteiger partial charge in [0.25, 0.3) is 16.4 Å². The summed E-state index contributed by atoms with van der Waals surface area (Å²) in [5.41, 5.74) is -0.853. The molecule has 0 atom stereocenters. The van der Waals surface area contributed by atoms with Gasteiger partial charge in [0.1, 0.15) is 5.75 Å². The zero-order chi connectivity index (χ0) is 11.8. The standard InChI is InChI=1S/C6H5BrF2N2O3S/c7-4-3(5(8)9)2(12)1-11-6(4)15(10,13)14/h1,5,12H,(H2,10,13,14). The minimum atomic E-state index is -4.21. The summed E-state index contributed by atoms with van der Waals surface area (Å²) in [7, 11) is -4.21. The number of aromatic hydroxyl groups is 1. The molecule has 1 aromatic heterocycles. The van der Waals surface area contributed by atoms with Crippen LogP contribution in [0.1, 0.15) is 12.0 Å². The van der Waals surface area contributed by atoms with Crippen molar-refractivity contribution in [2.45, 2.75) is 11.5 Å². The van der Waals surface area contributed by atoms with Gasteiger partial charge in [0.2, 0.25) is 0 Å². The molecule has 9 heteroatoms. The van der Waals surface area contributed by atoms with E-state index in [2.05, 4.69) is 20.9 Å². The first-order valence-electron chi connectivity index (χ1n) is 3.43. The Bertz CT molecular complexity index is 491. The van der Waals surface area contributed by atoms with Crippen molar-refractivity contribution in [2.75, 3.05) is 0 Å². The molecule has 0 fully saturated rings. The molecular weight excluding hydrogens is 298 g/mol. The van der Waals surface area contributed by atoms with E-state index in [1.54, 1.807) is 0 Å². The van der Waals surface area contributed by atoms with Crippen LogP contribution in [0.2, 0.25) is 0 Å². The van der Waals surface area contributed by atoms with Crippen LogP contribution in [-0.2, 0) is 10.0 Å². The van der Waals surface area contributed by atoms with Crippen molar-refractivity contribution in [1.82, 2.24) is 4.98 Å². The van der Waals surface area contributed by atoms with Crippen molar-refractivity contribution >= 4 is 26.0 Å². The van der Waals surface area contributed by atoms with Crippen LogP contribution in [-0.4, -0.2) is 18.5 Å². The summed E-state index contributed by atoms with van der Waals surface area (Å²) >= 11 is 2.61. The highest BCUT2D eigenvalue weighted by Gasteiger charge is 2.25. The number of halogens is 3. The summed E-state index contributed by atoms with van der Waals surface area (Å²) in [6.07, 6.45) is -2.44. The number of alkyl halides is 2. The first-order chi connectivity index (χ1) is 6.75. The molecule has 0 aliphatic rings. The maximum absolute atomic E-state index is 12.4. The Labute approximate surface area is 92.1 Å². The number of primary sulfonamides is 1. The number of nitrogens with zero attached hydrogens (tertiary/aromatic N) is 1. The van der Waals surface area contributed by atoms with E-state index in [1.165, 1.54) is 0 Å². The molecule has 0 bridgehead atoms.